The number of Topliss-reactive ketones (excluding diaryl/α,β-unsaturated/α-hetero) is 1. The lowest BCUT2D eigenvalue weighted by Crippen LogP contribution is -2.22. The van der Waals surface area contributed by atoms with Crippen molar-refractivity contribution in [1.82, 2.24) is 0 Å². The van der Waals surface area contributed by atoms with Gasteiger partial charge in [0.15, 0.2) is 5.78 Å². The zero-order chi connectivity index (χ0) is 17.8. The summed E-state index contributed by atoms with van der Waals surface area (Å²) in [5.74, 6) is 0.506. The van der Waals surface area contributed by atoms with E-state index in [2.05, 4.69) is 0 Å². The van der Waals surface area contributed by atoms with Crippen molar-refractivity contribution in [1.29, 1.82) is 0 Å². The first-order valence-corrected chi connectivity index (χ1v) is 8.51. The Morgan fingerprint density at radius 3 is 2.68 bits per heavy atom. The van der Waals surface area contributed by atoms with Gasteiger partial charge in [0.1, 0.15) is 11.4 Å². The minimum Gasteiger partial charge on any atom is -0.467 e. The molecule has 0 N–H and O–H groups in total. The molecule has 3 aromatic rings. The molecule has 25 heavy (non-hydrogen) atoms. The molecule has 0 fully saturated rings. The minimum absolute atomic E-state index is 0.0872. The molecule has 0 aliphatic carbocycles. The van der Waals surface area contributed by atoms with Crippen LogP contribution in [-0.2, 0) is 13.1 Å². The van der Waals surface area contributed by atoms with Crippen LogP contribution in [0.2, 0.25) is 0 Å². The monoisotopic (exact) mass is 356 g/mol. The van der Waals surface area contributed by atoms with Crippen molar-refractivity contribution in [3.63, 3.8) is 0 Å². The molecule has 0 amide bonds. The average molecular weight is 356 g/mol. The summed E-state index contributed by atoms with van der Waals surface area (Å²) in [4.78, 5) is 25.6. The molecule has 0 atom stereocenters. The lowest BCUT2D eigenvalue weighted by atomic mass is 10.1. The van der Waals surface area contributed by atoms with Crippen LogP contribution in [0.5, 0.6) is 0 Å². The van der Waals surface area contributed by atoms with Gasteiger partial charge in [0.2, 0.25) is 0 Å². The molecule has 0 saturated heterocycles. The van der Waals surface area contributed by atoms with E-state index in [0.717, 1.165) is 4.88 Å². The first-order chi connectivity index (χ1) is 12.0. The number of ketones is 1. The predicted octanol–water partition coefficient (Wildman–Crippen LogP) is 4.66. The third-order valence-corrected chi connectivity index (χ3v) is 4.63. The Kier molecular flexibility index (Phi) is 4.95. The van der Waals surface area contributed by atoms with Crippen molar-refractivity contribution < 1.29 is 14.1 Å². The Hall–Kier alpha value is -2.93. The topological polar surface area (TPSA) is 76.6 Å². The largest absolute Gasteiger partial charge is 0.467 e. The second-order valence-corrected chi connectivity index (χ2v) is 6.56. The Balaban J connectivity index is 2.01. The van der Waals surface area contributed by atoms with E-state index in [1.165, 1.54) is 13.0 Å². The second-order valence-electron chi connectivity index (χ2n) is 5.53. The molecule has 0 aliphatic rings. The molecule has 2 heterocycles. The predicted molar refractivity (Wildman–Crippen MR) is 96.0 cm³/mol. The van der Waals surface area contributed by atoms with Gasteiger partial charge in [0.05, 0.1) is 24.3 Å². The smallest absolute Gasteiger partial charge is 0.293 e. The molecule has 0 aliphatic heterocycles. The van der Waals surface area contributed by atoms with Gasteiger partial charge < -0.3 is 9.32 Å². The van der Waals surface area contributed by atoms with E-state index >= 15 is 0 Å². The van der Waals surface area contributed by atoms with Gasteiger partial charge in [0.25, 0.3) is 5.69 Å². The molecule has 1 aromatic carbocycles. The summed E-state index contributed by atoms with van der Waals surface area (Å²) in [5.41, 5.74) is 0.695. The number of thiophene rings is 1. The van der Waals surface area contributed by atoms with Crippen LogP contribution in [-0.4, -0.2) is 10.7 Å². The van der Waals surface area contributed by atoms with Gasteiger partial charge in [-0.15, -0.1) is 11.3 Å². The zero-order valence-corrected chi connectivity index (χ0v) is 14.4. The molecule has 6 nitrogen and oxygen atoms in total. The third kappa shape index (κ3) is 3.95. The maximum absolute atomic E-state index is 11.6. The minimum atomic E-state index is -0.453. The van der Waals surface area contributed by atoms with Crippen molar-refractivity contribution in [2.45, 2.75) is 20.0 Å². The van der Waals surface area contributed by atoms with Gasteiger partial charge in [-0.1, -0.05) is 6.07 Å². The summed E-state index contributed by atoms with van der Waals surface area (Å²) in [7, 11) is 0. The standard InChI is InChI=1S/C18H16N2O4S/c1-13(21)14-6-7-17(18(10-14)20(22)23)19(11-15-4-2-8-24-15)12-16-5-3-9-25-16/h2-10H,11-12H2,1H3. The summed E-state index contributed by atoms with van der Waals surface area (Å²) in [6, 6.07) is 12.1. The normalized spacial score (nSPS) is 10.6. The quantitative estimate of drug-likeness (QED) is 0.350. The van der Waals surface area contributed by atoms with Crippen molar-refractivity contribution >= 4 is 28.5 Å². The number of carbonyl (C=O) groups is 1. The maximum atomic E-state index is 11.6. The molecule has 0 spiro atoms. The lowest BCUT2D eigenvalue weighted by Gasteiger charge is -2.23. The second kappa shape index (κ2) is 7.31. The van der Waals surface area contributed by atoms with Crippen LogP contribution >= 0.6 is 11.3 Å². The SMILES string of the molecule is CC(=O)c1ccc(N(Cc2ccco2)Cc2cccs2)c([N+](=O)[O-])c1. The highest BCUT2D eigenvalue weighted by atomic mass is 32.1. The first-order valence-electron chi connectivity index (χ1n) is 7.63. The van der Waals surface area contributed by atoms with E-state index in [4.69, 9.17) is 4.42 Å². The van der Waals surface area contributed by atoms with Crippen molar-refractivity contribution in [2.24, 2.45) is 0 Å². The highest BCUT2D eigenvalue weighted by molar-refractivity contribution is 7.09. The van der Waals surface area contributed by atoms with Gasteiger partial charge in [-0.3, -0.25) is 14.9 Å². The van der Waals surface area contributed by atoms with Crippen molar-refractivity contribution in [2.75, 3.05) is 4.90 Å². The number of nitro benzene ring substituents is 1. The number of furan rings is 1. The van der Waals surface area contributed by atoms with Crippen LogP contribution in [0.3, 0.4) is 0 Å². The molecule has 0 bridgehead atoms. The summed E-state index contributed by atoms with van der Waals surface area (Å²) >= 11 is 1.58. The molecule has 0 unspecified atom stereocenters. The summed E-state index contributed by atoms with van der Waals surface area (Å²) in [5, 5.41) is 13.5. The fourth-order valence-corrected chi connectivity index (χ4v) is 3.28. The molecule has 0 radical (unpaired) electrons. The van der Waals surface area contributed by atoms with Crippen LogP contribution < -0.4 is 4.90 Å². The molecular weight excluding hydrogens is 340 g/mol. The lowest BCUT2D eigenvalue weighted by molar-refractivity contribution is -0.384. The van der Waals surface area contributed by atoms with Crippen LogP contribution in [0.1, 0.15) is 27.9 Å². The summed E-state index contributed by atoms with van der Waals surface area (Å²) < 4.78 is 5.40. The van der Waals surface area contributed by atoms with E-state index in [0.29, 0.717) is 30.1 Å². The Labute approximate surface area is 148 Å². The highest BCUT2D eigenvalue weighted by Crippen LogP contribution is 2.32. The number of anilines is 1. The molecule has 7 heteroatoms. The van der Waals surface area contributed by atoms with Gasteiger partial charge in [-0.2, -0.15) is 0 Å². The number of nitro groups is 1. The van der Waals surface area contributed by atoms with Gasteiger partial charge in [-0.05, 0) is 42.6 Å². The van der Waals surface area contributed by atoms with Crippen LogP contribution in [0.15, 0.2) is 58.5 Å². The van der Waals surface area contributed by atoms with Crippen molar-refractivity contribution in [3.05, 3.63) is 80.4 Å². The van der Waals surface area contributed by atoms with Crippen LogP contribution in [0.4, 0.5) is 11.4 Å². The third-order valence-electron chi connectivity index (χ3n) is 3.77. The molecule has 2 aromatic heterocycles. The number of hydrogen-bond acceptors (Lipinski definition) is 6. The zero-order valence-electron chi connectivity index (χ0n) is 13.5. The fraction of sp³-hybridized carbons (Fsp3) is 0.167. The Morgan fingerprint density at radius 1 is 1.24 bits per heavy atom. The summed E-state index contributed by atoms with van der Waals surface area (Å²) in [6.45, 7) is 2.30. The Morgan fingerprint density at radius 2 is 2.08 bits per heavy atom. The van der Waals surface area contributed by atoms with Crippen LogP contribution in [0, 0.1) is 10.1 Å². The van der Waals surface area contributed by atoms with Gasteiger partial charge >= 0.3 is 0 Å². The number of benzene rings is 1. The number of rotatable bonds is 7. The molecule has 3 rings (SSSR count). The van der Waals surface area contributed by atoms with Gasteiger partial charge in [0, 0.05) is 16.5 Å². The first kappa shape index (κ1) is 16.9. The van der Waals surface area contributed by atoms with Gasteiger partial charge in [-0.25, -0.2) is 0 Å². The van der Waals surface area contributed by atoms with E-state index in [9.17, 15) is 14.9 Å². The van der Waals surface area contributed by atoms with Crippen molar-refractivity contribution in [3.8, 4) is 0 Å². The maximum Gasteiger partial charge on any atom is 0.293 e. The van der Waals surface area contributed by atoms with E-state index in [1.807, 2.05) is 28.5 Å². The van der Waals surface area contributed by atoms with E-state index in [-0.39, 0.29) is 11.5 Å². The highest BCUT2D eigenvalue weighted by Gasteiger charge is 2.22. The van der Waals surface area contributed by atoms with E-state index < -0.39 is 4.92 Å². The average Bonchev–Trinajstić information content (AvgIpc) is 3.27. The van der Waals surface area contributed by atoms with E-state index in [1.54, 1.807) is 35.8 Å². The molecule has 128 valence electrons. The molecule has 0 saturated carbocycles. The molecular formula is C18H16N2O4S. The number of hydrogen-bond donors (Lipinski definition) is 0. The summed E-state index contributed by atoms with van der Waals surface area (Å²) in [6.07, 6.45) is 1.58. The number of carbonyl (C=O) groups excluding carboxylic acids is 1. The fourth-order valence-electron chi connectivity index (χ4n) is 2.56. The number of nitrogens with zero attached hydrogens (tertiary/aromatic N) is 2. The Bertz CT molecular complexity index is 836. The van der Waals surface area contributed by atoms with Crippen LogP contribution in [0.25, 0.3) is 0 Å².